The van der Waals surface area contributed by atoms with E-state index in [-0.39, 0.29) is 0 Å². The van der Waals surface area contributed by atoms with Crippen LogP contribution in [0.2, 0.25) is 0 Å². The van der Waals surface area contributed by atoms with Crippen molar-refractivity contribution in [1.82, 2.24) is 9.62 Å². The fourth-order valence-corrected chi connectivity index (χ4v) is 5.31. The van der Waals surface area contributed by atoms with Crippen molar-refractivity contribution in [1.29, 1.82) is 0 Å². The van der Waals surface area contributed by atoms with Crippen LogP contribution >= 0.6 is 27.3 Å². The van der Waals surface area contributed by atoms with Gasteiger partial charge in [0.1, 0.15) is 4.21 Å². The smallest absolute Gasteiger partial charge is 0.250 e. The maximum absolute atomic E-state index is 12.1. The summed E-state index contributed by atoms with van der Waals surface area (Å²) in [5, 5.41) is 0. The first-order valence-electron chi connectivity index (χ1n) is 6.55. The summed E-state index contributed by atoms with van der Waals surface area (Å²) in [6.07, 6.45) is 0.810. The van der Waals surface area contributed by atoms with Crippen LogP contribution in [0.1, 0.15) is 12.0 Å². The number of thiophene rings is 1. The Hall–Kier alpha value is 0.01000. The summed E-state index contributed by atoms with van der Waals surface area (Å²) in [7, 11) is -3.37. The van der Waals surface area contributed by atoms with Gasteiger partial charge in [-0.1, -0.05) is 0 Å². The molecule has 1 aromatic rings. The second-order valence-corrected chi connectivity index (χ2v) is 9.09. The molecule has 1 aliphatic heterocycles. The summed E-state index contributed by atoms with van der Waals surface area (Å²) < 4.78 is 33.4. The van der Waals surface area contributed by atoms with E-state index in [1.807, 2.05) is 6.92 Å². The van der Waals surface area contributed by atoms with E-state index in [0.717, 1.165) is 48.6 Å². The molecule has 0 aliphatic carbocycles. The lowest BCUT2D eigenvalue weighted by Crippen LogP contribution is -2.38. The Morgan fingerprint density at radius 1 is 1.45 bits per heavy atom. The minimum Gasteiger partial charge on any atom is -0.379 e. The zero-order valence-electron chi connectivity index (χ0n) is 11.4. The molecule has 0 unspecified atom stereocenters. The molecule has 1 saturated heterocycles. The Balaban J connectivity index is 1.77. The number of nitrogens with zero attached hydrogens (tertiary/aromatic N) is 1. The van der Waals surface area contributed by atoms with Crippen molar-refractivity contribution >= 4 is 37.3 Å². The van der Waals surface area contributed by atoms with Gasteiger partial charge < -0.3 is 4.74 Å². The monoisotopic (exact) mass is 382 g/mol. The van der Waals surface area contributed by atoms with Crippen LogP contribution in [0.5, 0.6) is 0 Å². The molecule has 1 aromatic heterocycles. The molecule has 0 bridgehead atoms. The molecule has 0 radical (unpaired) electrons. The summed E-state index contributed by atoms with van der Waals surface area (Å²) in [5.41, 5.74) is 0.948. The first kappa shape index (κ1) is 16.4. The van der Waals surface area contributed by atoms with Gasteiger partial charge in [-0.15, -0.1) is 11.3 Å². The SMILES string of the molecule is Cc1cc(S(=O)(=O)NCCCN2CCOCC2)sc1Br. The Bertz CT molecular complexity index is 519. The number of rotatable bonds is 6. The summed E-state index contributed by atoms with van der Waals surface area (Å²) in [5.74, 6) is 0. The van der Waals surface area contributed by atoms with E-state index < -0.39 is 10.0 Å². The summed E-state index contributed by atoms with van der Waals surface area (Å²) >= 11 is 4.60. The van der Waals surface area contributed by atoms with Crippen LogP contribution < -0.4 is 4.72 Å². The van der Waals surface area contributed by atoms with Gasteiger partial charge in [0.25, 0.3) is 0 Å². The van der Waals surface area contributed by atoms with Gasteiger partial charge in [-0.05, 0) is 47.4 Å². The fraction of sp³-hybridized carbons (Fsp3) is 0.667. The van der Waals surface area contributed by atoms with E-state index >= 15 is 0 Å². The van der Waals surface area contributed by atoms with E-state index in [4.69, 9.17) is 4.74 Å². The first-order valence-corrected chi connectivity index (χ1v) is 9.64. The molecule has 0 amide bonds. The zero-order valence-corrected chi connectivity index (χ0v) is 14.6. The van der Waals surface area contributed by atoms with Gasteiger partial charge in [0.05, 0.1) is 17.0 Å². The van der Waals surface area contributed by atoms with Crippen LogP contribution in [-0.2, 0) is 14.8 Å². The van der Waals surface area contributed by atoms with Crippen LogP contribution in [0.4, 0.5) is 0 Å². The van der Waals surface area contributed by atoms with Gasteiger partial charge in [0.2, 0.25) is 10.0 Å². The molecule has 2 heterocycles. The molecule has 0 saturated carbocycles. The molecule has 8 heteroatoms. The number of hydrogen-bond acceptors (Lipinski definition) is 5. The Morgan fingerprint density at radius 3 is 2.75 bits per heavy atom. The molecular formula is C12H19BrN2O3S2. The van der Waals surface area contributed by atoms with Crippen LogP contribution in [0.25, 0.3) is 0 Å². The van der Waals surface area contributed by atoms with E-state index in [9.17, 15) is 8.42 Å². The van der Waals surface area contributed by atoms with Crippen LogP contribution in [0.15, 0.2) is 14.1 Å². The van der Waals surface area contributed by atoms with Crippen LogP contribution in [0.3, 0.4) is 0 Å². The van der Waals surface area contributed by atoms with Gasteiger partial charge in [-0.2, -0.15) is 0 Å². The number of morpholine rings is 1. The lowest BCUT2D eigenvalue weighted by atomic mass is 10.3. The highest BCUT2D eigenvalue weighted by molar-refractivity contribution is 9.11. The van der Waals surface area contributed by atoms with E-state index in [0.29, 0.717) is 10.8 Å². The number of halogens is 1. The summed E-state index contributed by atoms with van der Waals surface area (Å²) in [4.78, 5) is 2.30. The normalized spacial score (nSPS) is 17.5. The van der Waals surface area contributed by atoms with Gasteiger partial charge in [0, 0.05) is 19.6 Å². The quantitative estimate of drug-likeness (QED) is 0.762. The fourth-order valence-electron chi connectivity index (χ4n) is 1.97. The van der Waals surface area contributed by atoms with E-state index in [1.54, 1.807) is 6.07 Å². The number of ether oxygens (including phenoxy) is 1. The Labute approximate surface area is 132 Å². The largest absolute Gasteiger partial charge is 0.379 e. The molecule has 1 N–H and O–H groups in total. The average molecular weight is 383 g/mol. The van der Waals surface area contributed by atoms with Crippen molar-refractivity contribution in [2.24, 2.45) is 0 Å². The minimum absolute atomic E-state index is 0.369. The number of aryl methyl sites for hydroxylation is 1. The predicted octanol–water partition coefficient (Wildman–Crippen LogP) is 1.82. The molecule has 1 fully saturated rings. The molecule has 20 heavy (non-hydrogen) atoms. The van der Waals surface area contributed by atoms with Crippen LogP contribution in [-0.4, -0.2) is 52.7 Å². The highest BCUT2D eigenvalue weighted by atomic mass is 79.9. The molecule has 114 valence electrons. The van der Waals surface area contributed by atoms with Crippen LogP contribution in [0, 0.1) is 6.92 Å². The standard InChI is InChI=1S/C12H19BrN2O3S2/c1-10-9-11(19-12(10)13)20(16,17)14-3-2-4-15-5-7-18-8-6-15/h9,14H,2-8H2,1H3. The van der Waals surface area contributed by atoms with Crippen molar-refractivity contribution in [2.75, 3.05) is 39.4 Å². The van der Waals surface area contributed by atoms with Crippen molar-refractivity contribution in [3.8, 4) is 0 Å². The predicted molar refractivity (Wildman–Crippen MR) is 83.8 cm³/mol. The molecular weight excluding hydrogens is 364 g/mol. The highest BCUT2D eigenvalue weighted by Crippen LogP contribution is 2.30. The lowest BCUT2D eigenvalue weighted by Gasteiger charge is -2.26. The van der Waals surface area contributed by atoms with Gasteiger partial charge in [-0.3, -0.25) is 4.90 Å². The number of hydrogen-bond donors (Lipinski definition) is 1. The number of sulfonamides is 1. The average Bonchev–Trinajstić information content (AvgIpc) is 2.77. The summed E-state index contributed by atoms with van der Waals surface area (Å²) in [6, 6.07) is 1.69. The third-order valence-corrected chi connectivity index (χ3v) is 7.22. The van der Waals surface area contributed by atoms with Gasteiger partial charge >= 0.3 is 0 Å². The number of nitrogens with one attached hydrogen (secondary N) is 1. The van der Waals surface area contributed by atoms with Crippen molar-refractivity contribution in [2.45, 2.75) is 17.6 Å². The Morgan fingerprint density at radius 2 is 2.15 bits per heavy atom. The van der Waals surface area contributed by atoms with E-state index in [2.05, 4.69) is 25.6 Å². The first-order chi connectivity index (χ1) is 9.49. The second-order valence-electron chi connectivity index (χ2n) is 4.73. The molecule has 0 atom stereocenters. The summed E-state index contributed by atoms with van der Waals surface area (Å²) in [6.45, 7) is 6.67. The third-order valence-electron chi connectivity index (χ3n) is 3.15. The van der Waals surface area contributed by atoms with Gasteiger partial charge in [-0.25, -0.2) is 13.1 Å². The van der Waals surface area contributed by atoms with Crippen molar-refractivity contribution in [3.63, 3.8) is 0 Å². The van der Waals surface area contributed by atoms with Crippen molar-refractivity contribution in [3.05, 3.63) is 15.4 Å². The maximum Gasteiger partial charge on any atom is 0.250 e. The molecule has 2 rings (SSSR count). The highest BCUT2D eigenvalue weighted by Gasteiger charge is 2.18. The second kappa shape index (κ2) is 7.33. The minimum atomic E-state index is -3.37. The van der Waals surface area contributed by atoms with Gasteiger partial charge in [0.15, 0.2) is 0 Å². The maximum atomic E-state index is 12.1. The zero-order chi connectivity index (χ0) is 14.6. The topological polar surface area (TPSA) is 58.6 Å². The van der Waals surface area contributed by atoms with Crippen molar-refractivity contribution < 1.29 is 13.2 Å². The lowest BCUT2D eigenvalue weighted by molar-refractivity contribution is 0.0376. The molecule has 0 aromatic carbocycles. The van der Waals surface area contributed by atoms with E-state index in [1.165, 1.54) is 11.3 Å². The molecule has 1 aliphatic rings. The Kier molecular flexibility index (Phi) is 6.00. The molecule has 5 nitrogen and oxygen atoms in total. The molecule has 0 spiro atoms. The third kappa shape index (κ3) is 4.51.